The quantitative estimate of drug-likeness (QED) is 0.0896. The Morgan fingerprint density at radius 2 is 1.50 bits per heavy atom. The van der Waals surface area contributed by atoms with Crippen LogP contribution < -0.4 is 32.7 Å². The van der Waals surface area contributed by atoms with Crippen LogP contribution in [0.1, 0.15) is 19.3 Å². The van der Waals surface area contributed by atoms with Gasteiger partial charge in [-0.1, -0.05) is 0 Å². The largest absolute Gasteiger partial charge is 0.394 e. The molecule has 0 rings (SSSR count). The molecule has 0 heterocycles. The van der Waals surface area contributed by atoms with Crippen LogP contribution in [0, 0.1) is 0 Å². The van der Waals surface area contributed by atoms with Crippen LogP contribution >= 0.6 is 0 Å². The maximum absolute atomic E-state index is 11.9. The van der Waals surface area contributed by atoms with Crippen LogP contribution in [0.15, 0.2) is 0 Å². The molecular weight excluding hydrogens is 432 g/mol. The van der Waals surface area contributed by atoms with Gasteiger partial charge in [0.15, 0.2) is 0 Å². The lowest BCUT2D eigenvalue weighted by atomic mass is 10.1. The van der Waals surface area contributed by atoms with Crippen molar-refractivity contribution in [2.75, 3.05) is 32.8 Å². The van der Waals surface area contributed by atoms with Gasteiger partial charge in [-0.25, -0.2) is 0 Å². The molecule has 0 bridgehead atoms. The van der Waals surface area contributed by atoms with Crippen molar-refractivity contribution < 1.29 is 44.7 Å². The SMILES string of the molecule is NC(=O)CNC(=O)CNC(O)CNC(=O)C(N)CCC(=O)NCC(O)CC(O)C(O)CO. The van der Waals surface area contributed by atoms with E-state index in [2.05, 4.69) is 21.3 Å². The molecule has 15 nitrogen and oxygen atoms in total. The Kier molecular flexibility index (Phi) is 15.0. The van der Waals surface area contributed by atoms with E-state index in [4.69, 9.17) is 16.6 Å². The van der Waals surface area contributed by atoms with Crippen molar-refractivity contribution in [1.29, 1.82) is 0 Å². The summed E-state index contributed by atoms with van der Waals surface area (Å²) in [4.78, 5) is 45.6. The van der Waals surface area contributed by atoms with Gasteiger partial charge in [-0.3, -0.25) is 24.5 Å². The molecule has 0 aliphatic heterocycles. The summed E-state index contributed by atoms with van der Waals surface area (Å²) < 4.78 is 0. The number of primary amides is 1. The number of aliphatic hydroxyl groups is 5. The average molecular weight is 466 g/mol. The molecular formula is C17H34N6O9. The van der Waals surface area contributed by atoms with Crippen molar-refractivity contribution in [3.8, 4) is 0 Å². The molecule has 13 N–H and O–H groups in total. The number of hydrogen-bond acceptors (Lipinski definition) is 11. The number of rotatable bonds is 17. The minimum Gasteiger partial charge on any atom is -0.394 e. The number of nitrogens with one attached hydrogen (secondary N) is 4. The Bertz CT molecular complexity index is 609. The first-order valence-corrected chi connectivity index (χ1v) is 9.87. The van der Waals surface area contributed by atoms with E-state index in [0.717, 1.165) is 0 Å². The van der Waals surface area contributed by atoms with E-state index in [1.807, 2.05) is 0 Å². The molecule has 186 valence electrons. The van der Waals surface area contributed by atoms with E-state index < -0.39 is 60.8 Å². The fourth-order valence-corrected chi connectivity index (χ4v) is 2.24. The summed E-state index contributed by atoms with van der Waals surface area (Å²) >= 11 is 0. The standard InChI is InChI=1S/C17H34N6O9/c18-10(1-2-14(29)20-4-9(25)3-11(26)12(27)8-24)17(32)23-7-16(31)22-6-15(30)21-5-13(19)28/h9-12,16,22,24-27,31H,1-8,18H2,(H2,19,28)(H,20,29)(H,21,30)(H,23,32). The molecule has 0 fully saturated rings. The summed E-state index contributed by atoms with van der Waals surface area (Å²) in [6.07, 6.45) is -5.59. The first-order chi connectivity index (χ1) is 15.0. The molecule has 0 aromatic rings. The normalized spacial score (nSPS) is 15.7. The van der Waals surface area contributed by atoms with E-state index in [1.54, 1.807) is 0 Å². The Balaban J connectivity index is 4.03. The van der Waals surface area contributed by atoms with Gasteiger partial charge in [0, 0.05) is 19.4 Å². The monoisotopic (exact) mass is 466 g/mol. The van der Waals surface area contributed by atoms with Crippen LogP contribution in [0.3, 0.4) is 0 Å². The van der Waals surface area contributed by atoms with Gasteiger partial charge < -0.3 is 53.0 Å². The molecule has 32 heavy (non-hydrogen) atoms. The van der Waals surface area contributed by atoms with Gasteiger partial charge in [0.25, 0.3) is 0 Å². The average Bonchev–Trinajstić information content (AvgIpc) is 2.75. The Labute approximate surface area is 184 Å². The third-order valence-electron chi connectivity index (χ3n) is 4.13. The molecule has 5 unspecified atom stereocenters. The van der Waals surface area contributed by atoms with Gasteiger partial charge in [-0.05, 0) is 6.42 Å². The number of aliphatic hydroxyl groups excluding tert-OH is 5. The molecule has 0 saturated carbocycles. The summed E-state index contributed by atoms with van der Waals surface area (Å²) in [6, 6.07) is -1.06. The third kappa shape index (κ3) is 14.6. The predicted molar refractivity (Wildman–Crippen MR) is 109 cm³/mol. The van der Waals surface area contributed by atoms with Crippen LogP contribution in [0.2, 0.25) is 0 Å². The zero-order valence-electron chi connectivity index (χ0n) is 17.6. The molecule has 0 radical (unpaired) electrons. The fraction of sp³-hybridized carbons (Fsp3) is 0.765. The minimum atomic E-state index is -1.40. The van der Waals surface area contributed by atoms with Gasteiger partial charge in [0.2, 0.25) is 23.6 Å². The highest BCUT2D eigenvalue weighted by Gasteiger charge is 2.20. The highest BCUT2D eigenvalue weighted by atomic mass is 16.4. The molecule has 4 amide bonds. The van der Waals surface area contributed by atoms with E-state index in [9.17, 15) is 39.6 Å². The van der Waals surface area contributed by atoms with Crippen molar-refractivity contribution in [3.05, 3.63) is 0 Å². The number of carbonyl (C=O) groups is 4. The first kappa shape index (κ1) is 29.6. The molecule has 0 aromatic carbocycles. The topological polar surface area (TPSA) is 270 Å². The van der Waals surface area contributed by atoms with Crippen LogP contribution in [0.4, 0.5) is 0 Å². The zero-order chi connectivity index (χ0) is 24.7. The molecule has 0 aliphatic rings. The highest BCUT2D eigenvalue weighted by Crippen LogP contribution is 2.03. The fourth-order valence-electron chi connectivity index (χ4n) is 2.24. The summed E-state index contributed by atoms with van der Waals surface area (Å²) in [5.74, 6) is -2.45. The molecule has 0 spiro atoms. The maximum atomic E-state index is 11.9. The van der Waals surface area contributed by atoms with Crippen molar-refractivity contribution in [3.63, 3.8) is 0 Å². The zero-order valence-corrected chi connectivity index (χ0v) is 17.6. The molecule has 0 saturated heterocycles. The number of amides is 4. The van der Waals surface area contributed by atoms with E-state index in [1.165, 1.54) is 0 Å². The van der Waals surface area contributed by atoms with Crippen LogP contribution in [-0.4, -0.2) is 113 Å². The number of nitrogens with two attached hydrogens (primary N) is 2. The van der Waals surface area contributed by atoms with Gasteiger partial charge in [-0.2, -0.15) is 0 Å². The molecule has 15 heteroatoms. The van der Waals surface area contributed by atoms with E-state index in [-0.39, 0.29) is 45.4 Å². The maximum Gasteiger partial charge on any atom is 0.237 e. The van der Waals surface area contributed by atoms with Gasteiger partial charge in [0.05, 0.1) is 44.5 Å². The minimum absolute atomic E-state index is 0.0291. The summed E-state index contributed by atoms with van der Waals surface area (Å²) in [5.41, 5.74) is 10.5. The second-order valence-electron chi connectivity index (χ2n) is 7.04. The first-order valence-electron chi connectivity index (χ1n) is 9.87. The molecule has 0 aromatic heterocycles. The lowest BCUT2D eigenvalue weighted by Crippen LogP contribution is -2.49. The Hall–Kier alpha value is -2.40. The second kappa shape index (κ2) is 16.3. The van der Waals surface area contributed by atoms with Gasteiger partial charge in [-0.15, -0.1) is 0 Å². The van der Waals surface area contributed by atoms with Gasteiger partial charge >= 0.3 is 0 Å². The van der Waals surface area contributed by atoms with E-state index >= 15 is 0 Å². The van der Waals surface area contributed by atoms with Crippen molar-refractivity contribution in [2.24, 2.45) is 11.5 Å². The van der Waals surface area contributed by atoms with Crippen LogP contribution in [0.25, 0.3) is 0 Å². The summed E-state index contributed by atoms with van der Waals surface area (Å²) in [7, 11) is 0. The lowest BCUT2D eigenvalue weighted by Gasteiger charge is -2.19. The predicted octanol–water partition coefficient (Wildman–Crippen LogP) is -6.70. The Morgan fingerprint density at radius 3 is 2.09 bits per heavy atom. The lowest BCUT2D eigenvalue weighted by molar-refractivity contribution is -0.125. The van der Waals surface area contributed by atoms with E-state index in [0.29, 0.717) is 0 Å². The second-order valence-corrected chi connectivity index (χ2v) is 7.04. The molecule has 5 atom stereocenters. The number of hydrogen-bond donors (Lipinski definition) is 11. The summed E-state index contributed by atoms with van der Waals surface area (Å²) in [6.45, 7) is -1.81. The smallest absolute Gasteiger partial charge is 0.237 e. The van der Waals surface area contributed by atoms with Crippen molar-refractivity contribution >= 4 is 23.6 Å². The third-order valence-corrected chi connectivity index (χ3v) is 4.13. The van der Waals surface area contributed by atoms with Gasteiger partial charge in [0.1, 0.15) is 12.3 Å². The van der Waals surface area contributed by atoms with Crippen LogP contribution in [0.5, 0.6) is 0 Å². The molecule has 0 aliphatic carbocycles. The van der Waals surface area contributed by atoms with Crippen molar-refractivity contribution in [1.82, 2.24) is 21.3 Å². The van der Waals surface area contributed by atoms with Crippen molar-refractivity contribution in [2.45, 2.75) is 49.8 Å². The Morgan fingerprint density at radius 1 is 0.844 bits per heavy atom. The number of carbonyl (C=O) groups excluding carboxylic acids is 4. The highest BCUT2D eigenvalue weighted by molar-refractivity contribution is 5.84. The summed E-state index contributed by atoms with van der Waals surface area (Å²) in [5, 5.41) is 56.1. The van der Waals surface area contributed by atoms with Crippen LogP contribution in [-0.2, 0) is 19.2 Å².